The Balaban J connectivity index is 1.41. The van der Waals surface area contributed by atoms with Gasteiger partial charge < -0.3 is 4.42 Å². The maximum Gasteiger partial charge on any atom is 0.235 e. The lowest BCUT2D eigenvalue weighted by Crippen LogP contribution is -2.05. The summed E-state index contributed by atoms with van der Waals surface area (Å²) >= 11 is 1.58. The summed E-state index contributed by atoms with van der Waals surface area (Å²) in [7, 11) is 0. The van der Waals surface area contributed by atoms with Crippen LogP contribution in [0.3, 0.4) is 0 Å². The Labute approximate surface area is 189 Å². The number of hydrogen-bond donors (Lipinski definition) is 0. The first-order chi connectivity index (χ1) is 15.8. The van der Waals surface area contributed by atoms with E-state index in [2.05, 4.69) is 83.9 Å². The highest BCUT2D eigenvalue weighted by Gasteiger charge is 2.22. The fourth-order valence-corrected chi connectivity index (χ4v) is 5.12. The van der Waals surface area contributed by atoms with Crippen molar-refractivity contribution in [2.24, 2.45) is 0 Å². The summed E-state index contributed by atoms with van der Waals surface area (Å²) in [5.74, 6) is 1.59. The van der Waals surface area contributed by atoms with Crippen LogP contribution in [0.4, 0.5) is 0 Å². The number of aryl methyl sites for hydroxylation is 1. The Bertz CT molecular complexity index is 1480. The van der Waals surface area contributed by atoms with Gasteiger partial charge in [-0.2, -0.15) is 9.61 Å². The Hall–Kier alpha value is -3.77. The predicted octanol–water partition coefficient (Wildman–Crippen LogP) is 6.28. The van der Waals surface area contributed by atoms with Gasteiger partial charge in [-0.3, -0.25) is 0 Å². The maximum absolute atomic E-state index is 6.12. The van der Waals surface area contributed by atoms with Gasteiger partial charge in [0.15, 0.2) is 5.76 Å². The SMILES string of the molecule is Cc1c(-c2nnc3sc(CC(c4ccccc4)c4ccccc4)nn23)oc2ccccc12. The van der Waals surface area contributed by atoms with Gasteiger partial charge in [0.1, 0.15) is 10.6 Å². The maximum atomic E-state index is 6.12. The van der Waals surface area contributed by atoms with E-state index in [-0.39, 0.29) is 5.92 Å². The molecule has 6 rings (SSSR count). The van der Waals surface area contributed by atoms with E-state index in [0.717, 1.165) is 38.7 Å². The van der Waals surface area contributed by atoms with Gasteiger partial charge in [0.25, 0.3) is 0 Å². The molecule has 156 valence electrons. The minimum absolute atomic E-state index is 0.220. The summed E-state index contributed by atoms with van der Waals surface area (Å²) < 4.78 is 7.94. The van der Waals surface area contributed by atoms with Crippen LogP contribution in [0.5, 0.6) is 0 Å². The molecule has 0 spiro atoms. The van der Waals surface area contributed by atoms with Gasteiger partial charge in [0, 0.05) is 23.3 Å². The van der Waals surface area contributed by atoms with Crippen molar-refractivity contribution < 1.29 is 4.42 Å². The summed E-state index contributed by atoms with van der Waals surface area (Å²) in [5.41, 5.74) is 4.45. The van der Waals surface area contributed by atoms with Crippen LogP contribution in [0.15, 0.2) is 89.3 Å². The topological polar surface area (TPSA) is 56.2 Å². The zero-order valence-electron chi connectivity index (χ0n) is 17.5. The largest absolute Gasteiger partial charge is 0.452 e. The minimum atomic E-state index is 0.220. The van der Waals surface area contributed by atoms with E-state index >= 15 is 0 Å². The molecule has 3 aromatic carbocycles. The summed E-state index contributed by atoms with van der Waals surface area (Å²) in [6, 6.07) is 29.2. The molecule has 5 nitrogen and oxygen atoms in total. The lowest BCUT2D eigenvalue weighted by atomic mass is 9.89. The second-order valence-corrected chi connectivity index (χ2v) is 8.88. The fraction of sp³-hybridized carbons (Fsp3) is 0.115. The third kappa shape index (κ3) is 3.20. The number of aromatic nitrogens is 4. The van der Waals surface area contributed by atoms with Gasteiger partial charge in [0.2, 0.25) is 10.8 Å². The van der Waals surface area contributed by atoms with Crippen LogP contribution in [-0.2, 0) is 6.42 Å². The molecule has 0 aliphatic heterocycles. The van der Waals surface area contributed by atoms with Gasteiger partial charge in [0.05, 0.1) is 0 Å². The van der Waals surface area contributed by atoms with Crippen molar-refractivity contribution in [3.63, 3.8) is 0 Å². The van der Waals surface area contributed by atoms with Crippen LogP contribution < -0.4 is 0 Å². The van der Waals surface area contributed by atoms with E-state index in [1.165, 1.54) is 11.1 Å². The molecule has 3 heterocycles. The minimum Gasteiger partial charge on any atom is -0.452 e. The van der Waals surface area contributed by atoms with Gasteiger partial charge >= 0.3 is 0 Å². The van der Waals surface area contributed by atoms with Crippen LogP contribution in [0.2, 0.25) is 0 Å². The molecule has 3 aromatic heterocycles. The monoisotopic (exact) mass is 436 g/mol. The molecule has 0 saturated heterocycles. The molecule has 0 bridgehead atoms. The first-order valence-corrected chi connectivity index (χ1v) is 11.4. The molecule has 0 fully saturated rings. The molecule has 0 atom stereocenters. The molecule has 0 aliphatic carbocycles. The first-order valence-electron chi connectivity index (χ1n) is 10.6. The van der Waals surface area contributed by atoms with Crippen LogP contribution in [0, 0.1) is 6.92 Å². The van der Waals surface area contributed by atoms with Crippen LogP contribution in [-0.4, -0.2) is 19.8 Å². The van der Waals surface area contributed by atoms with Crippen molar-refractivity contribution >= 4 is 27.3 Å². The molecular formula is C26H20N4OS. The Kier molecular flexibility index (Phi) is 4.58. The average Bonchev–Trinajstić information content (AvgIpc) is 3.51. The van der Waals surface area contributed by atoms with Crippen molar-refractivity contribution in [3.05, 3.63) is 107 Å². The van der Waals surface area contributed by atoms with Gasteiger partial charge in [-0.1, -0.05) is 90.2 Å². The zero-order chi connectivity index (χ0) is 21.5. The summed E-state index contributed by atoms with van der Waals surface area (Å²) in [4.78, 5) is 0.773. The van der Waals surface area contributed by atoms with Crippen LogP contribution >= 0.6 is 11.3 Å². The second kappa shape index (κ2) is 7.73. The average molecular weight is 437 g/mol. The van der Waals surface area contributed by atoms with Crippen molar-refractivity contribution in [3.8, 4) is 11.6 Å². The highest BCUT2D eigenvalue weighted by Crippen LogP contribution is 2.34. The summed E-state index contributed by atoms with van der Waals surface area (Å²) in [5, 5.41) is 15.8. The van der Waals surface area contributed by atoms with E-state index in [9.17, 15) is 0 Å². The van der Waals surface area contributed by atoms with Crippen molar-refractivity contribution in [1.29, 1.82) is 0 Å². The van der Waals surface area contributed by atoms with Crippen molar-refractivity contribution in [2.75, 3.05) is 0 Å². The molecule has 0 radical (unpaired) electrons. The Morgan fingerprint density at radius 1 is 0.844 bits per heavy atom. The molecular weight excluding hydrogens is 416 g/mol. The first kappa shape index (κ1) is 19.0. The van der Waals surface area contributed by atoms with Crippen LogP contribution in [0.25, 0.3) is 27.5 Å². The molecule has 0 amide bonds. The van der Waals surface area contributed by atoms with Crippen molar-refractivity contribution in [1.82, 2.24) is 19.8 Å². The number of para-hydroxylation sites is 1. The highest BCUT2D eigenvalue weighted by molar-refractivity contribution is 7.16. The van der Waals surface area contributed by atoms with Gasteiger partial charge in [-0.05, 0) is 24.1 Å². The molecule has 32 heavy (non-hydrogen) atoms. The summed E-state index contributed by atoms with van der Waals surface area (Å²) in [6.07, 6.45) is 0.792. The van der Waals surface area contributed by atoms with E-state index in [1.807, 2.05) is 22.7 Å². The molecule has 0 unspecified atom stereocenters. The smallest absolute Gasteiger partial charge is 0.235 e. The normalized spacial score (nSPS) is 11.7. The van der Waals surface area contributed by atoms with E-state index in [4.69, 9.17) is 9.52 Å². The van der Waals surface area contributed by atoms with Crippen LogP contribution in [0.1, 0.15) is 27.6 Å². The predicted molar refractivity (Wildman–Crippen MR) is 127 cm³/mol. The quantitative estimate of drug-likeness (QED) is 0.319. The number of nitrogens with zero attached hydrogens (tertiary/aromatic N) is 4. The number of furan rings is 1. The Morgan fingerprint density at radius 3 is 2.19 bits per heavy atom. The summed E-state index contributed by atoms with van der Waals surface area (Å²) in [6.45, 7) is 2.05. The fourth-order valence-electron chi connectivity index (χ4n) is 4.24. The molecule has 0 N–H and O–H groups in total. The van der Waals surface area contributed by atoms with E-state index in [0.29, 0.717) is 5.82 Å². The highest BCUT2D eigenvalue weighted by atomic mass is 32.1. The lowest BCUT2D eigenvalue weighted by molar-refractivity contribution is 0.618. The standard InChI is InChI=1S/C26H20N4OS/c1-17-20-14-8-9-15-22(20)31-24(17)25-27-28-26-30(25)29-23(32-26)16-21(18-10-4-2-5-11-18)19-12-6-3-7-13-19/h2-15,21H,16H2,1H3. The molecule has 6 aromatic rings. The zero-order valence-corrected chi connectivity index (χ0v) is 18.3. The number of benzene rings is 3. The third-order valence-electron chi connectivity index (χ3n) is 5.86. The second-order valence-electron chi connectivity index (χ2n) is 7.84. The number of rotatable bonds is 5. The number of fused-ring (bicyclic) bond motifs is 2. The molecule has 0 saturated carbocycles. The molecule has 0 aliphatic rings. The van der Waals surface area contributed by atoms with Gasteiger partial charge in [-0.15, -0.1) is 10.2 Å². The number of hydrogen-bond acceptors (Lipinski definition) is 5. The van der Waals surface area contributed by atoms with Crippen molar-refractivity contribution in [2.45, 2.75) is 19.3 Å². The Morgan fingerprint density at radius 2 is 1.50 bits per heavy atom. The molecule has 6 heteroatoms. The van der Waals surface area contributed by atoms with E-state index in [1.54, 1.807) is 11.3 Å². The van der Waals surface area contributed by atoms with Gasteiger partial charge in [-0.25, -0.2) is 0 Å². The third-order valence-corrected chi connectivity index (χ3v) is 6.78. The van der Waals surface area contributed by atoms with E-state index < -0.39 is 0 Å². The lowest BCUT2D eigenvalue weighted by Gasteiger charge is -2.16.